The summed E-state index contributed by atoms with van der Waals surface area (Å²) in [6.45, 7) is 1.90. The van der Waals surface area contributed by atoms with Gasteiger partial charge in [-0.25, -0.2) is 0 Å². The van der Waals surface area contributed by atoms with Gasteiger partial charge in [0.1, 0.15) is 5.78 Å². The van der Waals surface area contributed by atoms with Crippen molar-refractivity contribution in [3.8, 4) is 0 Å². The monoisotopic (exact) mass is 211 g/mol. The molecule has 0 amide bonds. The van der Waals surface area contributed by atoms with E-state index in [4.69, 9.17) is 4.74 Å². The number of Topliss-reactive ketones (excluding diaryl/α,β-unsaturated/α-hetero) is 1. The van der Waals surface area contributed by atoms with Gasteiger partial charge in [-0.3, -0.25) is 4.79 Å². The van der Waals surface area contributed by atoms with Crippen molar-refractivity contribution in [2.45, 2.75) is 57.1 Å². The molecule has 2 unspecified atom stereocenters. The first-order valence-electron chi connectivity index (χ1n) is 6.24. The summed E-state index contributed by atoms with van der Waals surface area (Å²) in [6.07, 6.45) is 7.74. The summed E-state index contributed by atoms with van der Waals surface area (Å²) in [4.78, 5) is 11.8. The topological polar surface area (TPSA) is 38.3 Å². The Morgan fingerprint density at radius 1 is 1.27 bits per heavy atom. The molecule has 2 aliphatic heterocycles. The molecule has 1 N–H and O–H groups in total. The van der Waals surface area contributed by atoms with Crippen molar-refractivity contribution >= 4 is 5.78 Å². The summed E-state index contributed by atoms with van der Waals surface area (Å²) in [5, 5.41) is 3.30. The molecule has 0 bridgehead atoms. The van der Waals surface area contributed by atoms with E-state index >= 15 is 0 Å². The minimum atomic E-state index is 0.139. The van der Waals surface area contributed by atoms with Crippen molar-refractivity contribution in [2.75, 3.05) is 13.2 Å². The maximum atomic E-state index is 11.8. The molecule has 2 atom stereocenters. The lowest BCUT2D eigenvalue weighted by molar-refractivity contribution is -0.122. The third kappa shape index (κ3) is 3.28. The van der Waals surface area contributed by atoms with Crippen molar-refractivity contribution < 1.29 is 9.53 Å². The van der Waals surface area contributed by atoms with Crippen LogP contribution in [0.3, 0.4) is 0 Å². The van der Waals surface area contributed by atoms with E-state index in [1.54, 1.807) is 0 Å². The molecule has 86 valence electrons. The first-order chi connectivity index (χ1) is 7.36. The van der Waals surface area contributed by atoms with Gasteiger partial charge in [-0.05, 0) is 38.6 Å². The molecular weight excluding hydrogens is 190 g/mol. The van der Waals surface area contributed by atoms with E-state index < -0.39 is 0 Å². The number of carbonyl (C=O) groups is 1. The van der Waals surface area contributed by atoms with Crippen LogP contribution < -0.4 is 5.32 Å². The molecule has 2 fully saturated rings. The van der Waals surface area contributed by atoms with Crippen LogP contribution in [0, 0.1) is 0 Å². The van der Waals surface area contributed by atoms with Gasteiger partial charge in [0.15, 0.2) is 0 Å². The first kappa shape index (κ1) is 11.1. The zero-order chi connectivity index (χ0) is 10.5. The van der Waals surface area contributed by atoms with Crippen LogP contribution in [-0.4, -0.2) is 31.1 Å². The van der Waals surface area contributed by atoms with Crippen LogP contribution in [0.5, 0.6) is 0 Å². The molecule has 0 aromatic carbocycles. The van der Waals surface area contributed by atoms with Gasteiger partial charge in [-0.15, -0.1) is 0 Å². The van der Waals surface area contributed by atoms with Gasteiger partial charge in [-0.2, -0.15) is 0 Å². The molecule has 2 heterocycles. The molecule has 2 aliphatic rings. The fraction of sp³-hybridized carbons (Fsp3) is 0.917. The number of rotatable bonds is 4. The minimum absolute atomic E-state index is 0.139. The Kier molecular flexibility index (Phi) is 4.15. The van der Waals surface area contributed by atoms with Crippen LogP contribution in [-0.2, 0) is 9.53 Å². The number of carbonyl (C=O) groups excluding carboxylic acids is 1. The Labute approximate surface area is 91.6 Å². The largest absolute Gasteiger partial charge is 0.378 e. The normalized spacial score (nSPS) is 31.7. The summed E-state index contributed by atoms with van der Waals surface area (Å²) >= 11 is 0. The lowest BCUT2D eigenvalue weighted by atomic mass is 9.97. The first-order valence-corrected chi connectivity index (χ1v) is 6.24. The van der Waals surface area contributed by atoms with E-state index in [2.05, 4.69) is 5.32 Å². The zero-order valence-corrected chi connectivity index (χ0v) is 9.34. The van der Waals surface area contributed by atoms with Gasteiger partial charge in [0.2, 0.25) is 0 Å². The number of ether oxygens (including phenoxy) is 1. The van der Waals surface area contributed by atoms with Gasteiger partial charge in [0.05, 0.1) is 12.1 Å². The predicted octanol–water partition coefficient (Wildman–Crippen LogP) is 1.66. The highest BCUT2D eigenvalue weighted by Gasteiger charge is 2.22. The Balaban J connectivity index is 1.66. The second-order valence-corrected chi connectivity index (χ2v) is 4.64. The van der Waals surface area contributed by atoms with Crippen LogP contribution in [0.15, 0.2) is 0 Å². The SMILES string of the molecule is O=C(CCC1CCCO1)C1CCCCN1. The average Bonchev–Trinajstić information content (AvgIpc) is 2.80. The molecule has 0 aromatic rings. The number of ketones is 1. The second-order valence-electron chi connectivity index (χ2n) is 4.64. The van der Waals surface area contributed by atoms with Crippen LogP contribution in [0.4, 0.5) is 0 Å². The van der Waals surface area contributed by atoms with Crippen molar-refractivity contribution in [1.82, 2.24) is 5.32 Å². The predicted molar refractivity (Wildman–Crippen MR) is 58.9 cm³/mol. The quantitative estimate of drug-likeness (QED) is 0.768. The molecule has 3 heteroatoms. The Morgan fingerprint density at radius 2 is 2.20 bits per heavy atom. The third-order valence-corrected chi connectivity index (χ3v) is 3.44. The van der Waals surface area contributed by atoms with Gasteiger partial charge in [-0.1, -0.05) is 6.42 Å². The van der Waals surface area contributed by atoms with Crippen LogP contribution in [0.25, 0.3) is 0 Å². The van der Waals surface area contributed by atoms with Crippen molar-refractivity contribution in [2.24, 2.45) is 0 Å². The summed E-state index contributed by atoms with van der Waals surface area (Å²) in [6, 6.07) is 0.139. The van der Waals surface area contributed by atoms with Crippen LogP contribution in [0.2, 0.25) is 0 Å². The molecule has 2 rings (SSSR count). The summed E-state index contributed by atoms with van der Waals surface area (Å²) in [5.74, 6) is 0.394. The van der Waals surface area contributed by atoms with E-state index in [9.17, 15) is 4.79 Å². The summed E-state index contributed by atoms with van der Waals surface area (Å²) in [5.41, 5.74) is 0. The van der Waals surface area contributed by atoms with E-state index in [-0.39, 0.29) is 6.04 Å². The lowest BCUT2D eigenvalue weighted by Crippen LogP contribution is -2.40. The van der Waals surface area contributed by atoms with Crippen molar-refractivity contribution in [3.05, 3.63) is 0 Å². The fourth-order valence-electron chi connectivity index (χ4n) is 2.48. The standard InChI is InChI=1S/C12H21NO2/c14-12(11-5-1-2-8-13-11)7-6-10-4-3-9-15-10/h10-11,13H,1-9H2. The fourth-order valence-corrected chi connectivity index (χ4v) is 2.48. The molecular formula is C12H21NO2. The van der Waals surface area contributed by atoms with E-state index in [1.807, 2.05) is 0 Å². The van der Waals surface area contributed by atoms with Crippen LogP contribution >= 0.6 is 0 Å². The molecule has 0 radical (unpaired) electrons. The van der Waals surface area contributed by atoms with Gasteiger partial charge < -0.3 is 10.1 Å². The second kappa shape index (κ2) is 5.61. The van der Waals surface area contributed by atoms with Gasteiger partial charge in [0, 0.05) is 13.0 Å². The lowest BCUT2D eigenvalue weighted by Gasteiger charge is -2.22. The minimum Gasteiger partial charge on any atom is -0.378 e. The van der Waals surface area contributed by atoms with Gasteiger partial charge >= 0.3 is 0 Å². The molecule has 0 saturated carbocycles. The molecule has 3 nitrogen and oxygen atoms in total. The van der Waals surface area contributed by atoms with Crippen LogP contribution in [0.1, 0.15) is 44.9 Å². The molecule has 0 aliphatic carbocycles. The molecule has 0 spiro atoms. The zero-order valence-electron chi connectivity index (χ0n) is 9.34. The highest BCUT2D eigenvalue weighted by Crippen LogP contribution is 2.18. The smallest absolute Gasteiger partial charge is 0.149 e. The van der Waals surface area contributed by atoms with Crippen molar-refractivity contribution in [1.29, 1.82) is 0 Å². The number of nitrogens with one attached hydrogen (secondary N) is 1. The molecule has 2 saturated heterocycles. The highest BCUT2D eigenvalue weighted by atomic mass is 16.5. The molecule has 15 heavy (non-hydrogen) atoms. The third-order valence-electron chi connectivity index (χ3n) is 3.44. The Hall–Kier alpha value is -0.410. The Bertz CT molecular complexity index is 206. The summed E-state index contributed by atoms with van der Waals surface area (Å²) < 4.78 is 5.52. The molecule has 0 aromatic heterocycles. The van der Waals surface area contributed by atoms with E-state index in [0.717, 1.165) is 32.4 Å². The van der Waals surface area contributed by atoms with Crippen molar-refractivity contribution in [3.63, 3.8) is 0 Å². The number of piperidine rings is 1. The summed E-state index contributed by atoms with van der Waals surface area (Å²) in [7, 11) is 0. The maximum Gasteiger partial charge on any atom is 0.149 e. The highest BCUT2D eigenvalue weighted by molar-refractivity contribution is 5.84. The average molecular weight is 211 g/mol. The number of hydrogen-bond acceptors (Lipinski definition) is 3. The van der Waals surface area contributed by atoms with E-state index in [1.165, 1.54) is 19.3 Å². The Morgan fingerprint density at radius 3 is 2.87 bits per heavy atom. The van der Waals surface area contributed by atoms with E-state index in [0.29, 0.717) is 18.3 Å². The maximum absolute atomic E-state index is 11.8. The number of hydrogen-bond donors (Lipinski definition) is 1. The van der Waals surface area contributed by atoms with Gasteiger partial charge in [0.25, 0.3) is 0 Å².